The summed E-state index contributed by atoms with van der Waals surface area (Å²) in [4.78, 5) is 10.9. The molecular weight excluding hydrogens is 192 g/mol. The third-order valence-corrected chi connectivity index (χ3v) is 2.94. The first-order chi connectivity index (χ1) is 7.22. The van der Waals surface area contributed by atoms with Gasteiger partial charge in [-0.15, -0.1) is 0 Å². The summed E-state index contributed by atoms with van der Waals surface area (Å²) in [5.74, 6) is -0.951. The van der Waals surface area contributed by atoms with E-state index in [0.717, 1.165) is 11.1 Å². The lowest BCUT2D eigenvalue weighted by Crippen LogP contribution is -2.13. The molecule has 0 aliphatic heterocycles. The average Bonchev–Trinajstić information content (AvgIpc) is 2.63. The number of ether oxygens (including phenoxy) is 1. The van der Waals surface area contributed by atoms with E-state index in [2.05, 4.69) is 0 Å². The summed E-state index contributed by atoms with van der Waals surface area (Å²) in [6, 6.07) is 5.99. The SMILES string of the molecule is COCc1cccc2c1C[C@@H](C(=O)O)C2. The van der Waals surface area contributed by atoms with E-state index in [-0.39, 0.29) is 5.92 Å². The maximum absolute atomic E-state index is 10.9. The van der Waals surface area contributed by atoms with Crippen molar-refractivity contribution in [2.24, 2.45) is 5.92 Å². The Morgan fingerprint density at radius 1 is 1.53 bits per heavy atom. The Labute approximate surface area is 88.7 Å². The van der Waals surface area contributed by atoms with Crippen LogP contribution in [0.25, 0.3) is 0 Å². The van der Waals surface area contributed by atoms with Crippen molar-refractivity contribution >= 4 is 5.97 Å². The second kappa shape index (κ2) is 4.03. The number of carbonyl (C=O) groups is 1. The highest BCUT2D eigenvalue weighted by molar-refractivity contribution is 5.72. The molecule has 0 saturated carbocycles. The fourth-order valence-electron chi connectivity index (χ4n) is 2.19. The maximum atomic E-state index is 10.9. The number of aliphatic carboxylic acids is 1. The molecule has 0 bridgehead atoms. The number of fused-ring (bicyclic) bond motifs is 1. The van der Waals surface area contributed by atoms with Crippen molar-refractivity contribution < 1.29 is 14.6 Å². The van der Waals surface area contributed by atoms with Gasteiger partial charge in [-0.2, -0.15) is 0 Å². The van der Waals surface area contributed by atoms with Gasteiger partial charge in [0.2, 0.25) is 0 Å². The molecule has 0 fully saturated rings. The van der Waals surface area contributed by atoms with Gasteiger partial charge in [-0.05, 0) is 29.5 Å². The molecular formula is C12H14O3. The molecule has 0 spiro atoms. The molecule has 1 aromatic carbocycles. The smallest absolute Gasteiger partial charge is 0.307 e. The van der Waals surface area contributed by atoms with Gasteiger partial charge in [0.05, 0.1) is 12.5 Å². The molecule has 1 aliphatic carbocycles. The van der Waals surface area contributed by atoms with Crippen LogP contribution in [0.3, 0.4) is 0 Å². The standard InChI is InChI=1S/C12H14O3/c1-15-7-9-4-2-3-8-5-10(12(13)14)6-11(8)9/h2-4,10H,5-7H2,1H3,(H,13,14)/t10-/m0/s1. The first kappa shape index (κ1) is 10.2. The van der Waals surface area contributed by atoms with E-state index in [1.54, 1.807) is 7.11 Å². The Balaban J connectivity index is 2.28. The van der Waals surface area contributed by atoms with Gasteiger partial charge in [0.15, 0.2) is 0 Å². The van der Waals surface area contributed by atoms with Gasteiger partial charge in [-0.1, -0.05) is 18.2 Å². The fraction of sp³-hybridized carbons (Fsp3) is 0.417. The van der Waals surface area contributed by atoms with E-state index >= 15 is 0 Å². The summed E-state index contributed by atoms with van der Waals surface area (Å²) in [6.07, 6.45) is 1.30. The van der Waals surface area contributed by atoms with Crippen LogP contribution < -0.4 is 0 Å². The lowest BCUT2D eigenvalue weighted by atomic mass is 10.0. The van der Waals surface area contributed by atoms with Gasteiger partial charge in [0, 0.05) is 7.11 Å². The zero-order valence-corrected chi connectivity index (χ0v) is 8.69. The van der Waals surface area contributed by atoms with E-state index in [9.17, 15) is 4.79 Å². The van der Waals surface area contributed by atoms with E-state index < -0.39 is 5.97 Å². The molecule has 15 heavy (non-hydrogen) atoms. The van der Waals surface area contributed by atoms with Crippen molar-refractivity contribution in [1.82, 2.24) is 0 Å². The number of methoxy groups -OCH3 is 1. The van der Waals surface area contributed by atoms with Crippen molar-refractivity contribution in [2.75, 3.05) is 7.11 Å². The molecule has 1 aromatic rings. The Morgan fingerprint density at radius 3 is 3.00 bits per heavy atom. The van der Waals surface area contributed by atoms with Gasteiger partial charge in [0.1, 0.15) is 0 Å². The van der Waals surface area contributed by atoms with Crippen LogP contribution >= 0.6 is 0 Å². The second-order valence-electron chi connectivity index (χ2n) is 3.93. The topological polar surface area (TPSA) is 46.5 Å². The molecule has 0 unspecified atom stereocenters. The molecule has 1 aliphatic rings. The highest BCUT2D eigenvalue weighted by Gasteiger charge is 2.28. The van der Waals surface area contributed by atoms with Gasteiger partial charge in [-0.3, -0.25) is 4.79 Å². The zero-order valence-electron chi connectivity index (χ0n) is 8.69. The van der Waals surface area contributed by atoms with E-state index in [0.29, 0.717) is 19.4 Å². The van der Waals surface area contributed by atoms with Crippen molar-refractivity contribution in [3.63, 3.8) is 0 Å². The van der Waals surface area contributed by atoms with Gasteiger partial charge in [0.25, 0.3) is 0 Å². The van der Waals surface area contributed by atoms with E-state index in [4.69, 9.17) is 9.84 Å². The average molecular weight is 206 g/mol. The molecule has 80 valence electrons. The first-order valence-electron chi connectivity index (χ1n) is 5.03. The van der Waals surface area contributed by atoms with Gasteiger partial charge in [-0.25, -0.2) is 0 Å². The summed E-state index contributed by atoms with van der Waals surface area (Å²) in [7, 11) is 1.66. The van der Waals surface area contributed by atoms with Crippen LogP contribution in [0.1, 0.15) is 16.7 Å². The molecule has 3 heteroatoms. The van der Waals surface area contributed by atoms with Crippen molar-refractivity contribution in [3.8, 4) is 0 Å². The van der Waals surface area contributed by atoms with E-state index in [1.165, 1.54) is 5.56 Å². The van der Waals surface area contributed by atoms with Crippen LogP contribution in [-0.2, 0) is 29.0 Å². The lowest BCUT2D eigenvalue weighted by Gasteiger charge is -2.06. The van der Waals surface area contributed by atoms with Gasteiger partial charge < -0.3 is 9.84 Å². The quantitative estimate of drug-likeness (QED) is 0.817. The monoisotopic (exact) mass is 206 g/mol. The second-order valence-corrected chi connectivity index (χ2v) is 3.93. The molecule has 0 amide bonds. The Bertz CT molecular complexity index is 384. The highest BCUT2D eigenvalue weighted by atomic mass is 16.5. The van der Waals surface area contributed by atoms with Crippen LogP contribution in [0.2, 0.25) is 0 Å². The summed E-state index contributed by atoms with van der Waals surface area (Å²) in [5, 5.41) is 8.97. The van der Waals surface area contributed by atoms with Crippen LogP contribution in [0, 0.1) is 5.92 Å². The zero-order chi connectivity index (χ0) is 10.8. The molecule has 3 nitrogen and oxygen atoms in total. The number of carboxylic acid groups (broad SMARTS) is 1. The summed E-state index contributed by atoms with van der Waals surface area (Å²) < 4.78 is 5.10. The number of hydrogen-bond acceptors (Lipinski definition) is 2. The van der Waals surface area contributed by atoms with E-state index in [1.807, 2.05) is 18.2 Å². The number of hydrogen-bond donors (Lipinski definition) is 1. The molecule has 0 saturated heterocycles. The minimum absolute atomic E-state index is 0.252. The normalized spacial score (nSPS) is 18.9. The fourth-order valence-corrected chi connectivity index (χ4v) is 2.19. The summed E-state index contributed by atoms with van der Waals surface area (Å²) in [5.41, 5.74) is 3.46. The molecule has 0 aromatic heterocycles. The Hall–Kier alpha value is -1.35. The molecule has 1 atom stereocenters. The lowest BCUT2D eigenvalue weighted by molar-refractivity contribution is -0.141. The van der Waals surface area contributed by atoms with Crippen LogP contribution in [-0.4, -0.2) is 18.2 Å². The maximum Gasteiger partial charge on any atom is 0.307 e. The molecule has 0 heterocycles. The first-order valence-corrected chi connectivity index (χ1v) is 5.03. The largest absolute Gasteiger partial charge is 0.481 e. The van der Waals surface area contributed by atoms with Crippen LogP contribution in [0.15, 0.2) is 18.2 Å². The van der Waals surface area contributed by atoms with Crippen molar-refractivity contribution in [2.45, 2.75) is 19.4 Å². The van der Waals surface area contributed by atoms with Crippen LogP contribution in [0.5, 0.6) is 0 Å². The predicted octanol–water partition coefficient (Wildman–Crippen LogP) is 1.63. The Morgan fingerprint density at radius 2 is 2.33 bits per heavy atom. The summed E-state index contributed by atoms with van der Waals surface area (Å²) >= 11 is 0. The van der Waals surface area contributed by atoms with Crippen molar-refractivity contribution in [1.29, 1.82) is 0 Å². The van der Waals surface area contributed by atoms with Gasteiger partial charge >= 0.3 is 5.97 Å². The summed E-state index contributed by atoms with van der Waals surface area (Å²) in [6.45, 7) is 0.565. The Kier molecular flexibility index (Phi) is 2.73. The van der Waals surface area contributed by atoms with Crippen LogP contribution in [0.4, 0.5) is 0 Å². The molecule has 1 N–H and O–H groups in total. The minimum atomic E-state index is -0.699. The number of carboxylic acids is 1. The predicted molar refractivity (Wildman–Crippen MR) is 55.7 cm³/mol. The van der Waals surface area contributed by atoms with Crippen molar-refractivity contribution in [3.05, 3.63) is 34.9 Å². The third kappa shape index (κ3) is 1.88. The molecule has 0 radical (unpaired) electrons. The number of benzene rings is 1. The number of rotatable bonds is 3. The third-order valence-electron chi connectivity index (χ3n) is 2.94. The molecule has 2 rings (SSSR count). The minimum Gasteiger partial charge on any atom is -0.481 e. The highest BCUT2D eigenvalue weighted by Crippen LogP contribution is 2.29.